The summed E-state index contributed by atoms with van der Waals surface area (Å²) < 4.78 is 19.6. The van der Waals surface area contributed by atoms with E-state index in [-0.39, 0.29) is 17.5 Å². The Balaban J connectivity index is 1.80. The zero-order valence-electron chi connectivity index (χ0n) is 12.4. The SMILES string of the molecule is CC(C)C1CCC2(CC1)C[C@@H](N)c1cc(F)ccc1O2. The molecular formula is C17H24FNO. The normalized spacial score (nSPS) is 33.0. The standard InChI is InChI=1S/C17H24FNO/c1-11(2)12-5-7-17(8-6-12)10-15(19)14-9-13(18)3-4-16(14)20-17/h3-4,9,11-12,15H,5-8,10,19H2,1-2H3/t12?,15-,17?/m1/s1. The lowest BCUT2D eigenvalue weighted by Gasteiger charge is -2.46. The summed E-state index contributed by atoms with van der Waals surface area (Å²) in [7, 11) is 0. The summed E-state index contributed by atoms with van der Waals surface area (Å²) in [5, 5.41) is 0. The first kappa shape index (κ1) is 13.9. The van der Waals surface area contributed by atoms with Gasteiger partial charge in [-0.15, -0.1) is 0 Å². The van der Waals surface area contributed by atoms with Gasteiger partial charge in [-0.3, -0.25) is 0 Å². The minimum absolute atomic E-state index is 0.106. The molecule has 0 aromatic heterocycles. The van der Waals surface area contributed by atoms with Crippen LogP contribution in [-0.4, -0.2) is 5.60 Å². The molecule has 2 aliphatic rings. The summed E-state index contributed by atoms with van der Waals surface area (Å²) in [5.74, 6) is 2.09. The van der Waals surface area contributed by atoms with Crippen molar-refractivity contribution in [2.45, 2.75) is 57.6 Å². The van der Waals surface area contributed by atoms with E-state index in [1.54, 1.807) is 6.07 Å². The first-order valence-corrected chi connectivity index (χ1v) is 7.73. The molecule has 0 radical (unpaired) electrons. The van der Waals surface area contributed by atoms with Gasteiger partial charge in [0.05, 0.1) is 0 Å². The maximum absolute atomic E-state index is 13.3. The van der Waals surface area contributed by atoms with Crippen molar-refractivity contribution >= 4 is 0 Å². The Morgan fingerprint density at radius 2 is 2.00 bits per heavy atom. The fourth-order valence-electron chi connectivity index (χ4n) is 3.83. The Morgan fingerprint density at radius 3 is 2.65 bits per heavy atom. The quantitative estimate of drug-likeness (QED) is 0.835. The molecule has 2 nitrogen and oxygen atoms in total. The number of benzene rings is 1. The number of fused-ring (bicyclic) bond motifs is 1. The first-order valence-electron chi connectivity index (χ1n) is 7.73. The highest BCUT2D eigenvalue weighted by Crippen LogP contribution is 2.47. The molecule has 0 unspecified atom stereocenters. The van der Waals surface area contributed by atoms with Crippen molar-refractivity contribution in [3.63, 3.8) is 0 Å². The van der Waals surface area contributed by atoms with Gasteiger partial charge in [-0.1, -0.05) is 13.8 Å². The molecule has 1 heterocycles. The molecule has 1 atom stereocenters. The average Bonchev–Trinajstić information content (AvgIpc) is 2.40. The van der Waals surface area contributed by atoms with E-state index >= 15 is 0 Å². The number of nitrogens with two attached hydrogens (primary N) is 1. The van der Waals surface area contributed by atoms with Crippen LogP contribution in [0.1, 0.15) is 57.6 Å². The topological polar surface area (TPSA) is 35.2 Å². The van der Waals surface area contributed by atoms with Crippen molar-refractivity contribution in [2.24, 2.45) is 17.6 Å². The summed E-state index contributed by atoms with van der Waals surface area (Å²) >= 11 is 0. The minimum atomic E-state index is -0.234. The van der Waals surface area contributed by atoms with E-state index in [1.807, 2.05) is 0 Å². The van der Waals surface area contributed by atoms with E-state index in [2.05, 4.69) is 13.8 Å². The zero-order valence-corrected chi connectivity index (χ0v) is 12.4. The van der Waals surface area contributed by atoms with E-state index in [4.69, 9.17) is 10.5 Å². The van der Waals surface area contributed by atoms with Gasteiger partial charge < -0.3 is 10.5 Å². The third-order valence-electron chi connectivity index (χ3n) is 5.17. The van der Waals surface area contributed by atoms with Crippen LogP contribution in [0.3, 0.4) is 0 Å². The predicted molar refractivity (Wildman–Crippen MR) is 78.1 cm³/mol. The largest absolute Gasteiger partial charge is 0.487 e. The summed E-state index contributed by atoms with van der Waals surface area (Å²) in [6, 6.07) is 4.61. The summed E-state index contributed by atoms with van der Waals surface area (Å²) in [6.07, 6.45) is 5.37. The number of hydrogen-bond acceptors (Lipinski definition) is 2. The van der Waals surface area contributed by atoms with Crippen LogP contribution in [0.4, 0.5) is 4.39 Å². The van der Waals surface area contributed by atoms with Crippen LogP contribution in [0.2, 0.25) is 0 Å². The van der Waals surface area contributed by atoms with Crippen molar-refractivity contribution < 1.29 is 9.13 Å². The highest BCUT2D eigenvalue weighted by Gasteiger charge is 2.43. The molecule has 3 rings (SSSR count). The van der Waals surface area contributed by atoms with Crippen molar-refractivity contribution in [3.8, 4) is 5.75 Å². The van der Waals surface area contributed by atoms with E-state index in [1.165, 1.54) is 25.0 Å². The Kier molecular flexibility index (Phi) is 3.49. The summed E-state index contributed by atoms with van der Waals surface area (Å²) in [5.41, 5.74) is 6.97. The molecule has 1 spiro atoms. The van der Waals surface area contributed by atoms with E-state index in [0.717, 1.165) is 42.4 Å². The van der Waals surface area contributed by atoms with Gasteiger partial charge in [0.1, 0.15) is 17.2 Å². The molecule has 3 heteroatoms. The van der Waals surface area contributed by atoms with Gasteiger partial charge in [0.25, 0.3) is 0 Å². The van der Waals surface area contributed by atoms with Gasteiger partial charge in [0, 0.05) is 18.0 Å². The van der Waals surface area contributed by atoms with Crippen LogP contribution in [0.15, 0.2) is 18.2 Å². The number of hydrogen-bond donors (Lipinski definition) is 1. The maximum atomic E-state index is 13.3. The lowest BCUT2D eigenvalue weighted by atomic mass is 9.71. The molecular weight excluding hydrogens is 253 g/mol. The van der Waals surface area contributed by atoms with Crippen LogP contribution >= 0.6 is 0 Å². The molecule has 0 saturated heterocycles. The van der Waals surface area contributed by atoms with Gasteiger partial charge in [0.15, 0.2) is 0 Å². The monoisotopic (exact) mass is 277 g/mol. The molecule has 20 heavy (non-hydrogen) atoms. The zero-order chi connectivity index (χ0) is 14.3. The molecule has 1 saturated carbocycles. The number of halogens is 1. The average molecular weight is 277 g/mol. The molecule has 0 amide bonds. The lowest BCUT2D eigenvalue weighted by Crippen LogP contribution is -2.46. The smallest absolute Gasteiger partial charge is 0.125 e. The lowest BCUT2D eigenvalue weighted by molar-refractivity contribution is -0.0161. The molecule has 2 N–H and O–H groups in total. The molecule has 1 aliphatic heterocycles. The Bertz CT molecular complexity index is 492. The second-order valence-corrected chi connectivity index (χ2v) is 6.86. The fraction of sp³-hybridized carbons (Fsp3) is 0.647. The second-order valence-electron chi connectivity index (χ2n) is 6.86. The van der Waals surface area contributed by atoms with Crippen LogP contribution in [0, 0.1) is 17.7 Å². The van der Waals surface area contributed by atoms with Gasteiger partial charge in [-0.05, 0) is 55.7 Å². The molecule has 1 aliphatic carbocycles. The molecule has 1 aromatic carbocycles. The first-order chi connectivity index (χ1) is 9.49. The number of ether oxygens (including phenoxy) is 1. The molecule has 1 fully saturated rings. The highest BCUT2D eigenvalue weighted by atomic mass is 19.1. The predicted octanol–water partition coefficient (Wildman–Crippen LogP) is 4.19. The highest BCUT2D eigenvalue weighted by molar-refractivity contribution is 5.39. The van der Waals surface area contributed by atoms with E-state index in [0.29, 0.717) is 0 Å². The van der Waals surface area contributed by atoms with E-state index in [9.17, 15) is 4.39 Å². The van der Waals surface area contributed by atoms with Gasteiger partial charge >= 0.3 is 0 Å². The molecule has 0 bridgehead atoms. The minimum Gasteiger partial charge on any atom is -0.487 e. The number of rotatable bonds is 1. The fourth-order valence-corrected chi connectivity index (χ4v) is 3.83. The second kappa shape index (κ2) is 5.03. The summed E-state index contributed by atoms with van der Waals surface area (Å²) in [4.78, 5) is 0. The van der Waals surface area contributed by atoms with Crippen molar-refractivity contribution in [3.05, 3.63) is 29.6 Å². The summed E-state index contributed by atoms with van der Waals surface area (Å²) in [6.45, 7) is 4.60. The van der Waals surface area contributed by atoms with Crippen molar-refractivity contribution in [2.75, 3.05) is 0 Å². The third-order valence-corrected chi connectivity index (χ3v) is 5.17. The van der Waals surface area contributed by atoms with Crippen LogP contribution in [-0.2, 0) is 0 Å². The van der Waals surface area contributed by atoms with Gasteiger partial charge in [-0.2, -0.15) is 0 Å². The van der Waals surface area contributed by atoms with Gasteiger partial charge in [-0.25, -0.2) is 4.39 Å². The van der Waals surface area contributed by atoms with Crippen molar-refractivity contribution in [1.82, 2.24) is 0 Å². The maximum Gasteiger partial charge on any atom is 0.125 e. The van der Waals surface area contributed by atoms with E-state index < -0.39 is 0 Å². The molecule has 110 valence electrons. The van der Waals surface area contributed by atoms with Crippen LogP contribution in [0.5, 0.6) is 5.75 Å². The molecule has 1 aromatic rings. The van der Waals surface area contributed by atoms with Crippen molar-refractivity contribution in [1.29, 1.82) is 0 Å². The van der Waals surface area contributed by atoms with Gasteiger partial charge in [0.2, 0.25) is 0 Å². The van der Waals surface area contributed by atoms with Crippen LogP contribution < -0.4 is 10.5 Å². The Morgan fingerprint density at radius 1 is 1.30 bits per heavy atom. The van der Waals surface area contributed by atoms with Crippen LogP contribution in [0.25, 0.3) is 0 Å². The Labute approximate surface area is 120 Å². The third kappa shape index (κ3) is 2.44. The Hall–Kier alpha value is -1.09.